The normalized spacial score (nSPS) is 12.9. The Hall–Kier alpha value is -1.78. The monoisotopic (exact) mass is 335 g/mol. The highest BCUT2D eigenvalue weighted by Gasteiger charge is 2.22. The minimum atomic E-state index is -0.405. The molecule has 1 heterocycles. The molecule has 0 aliphatic rings. The van der Waals surface area contributed by atoms with Crippen LogP contribution in [0.5, 0.6) is 0 Å². The molecule has 0 aliphatic heterocycles. The van der Waals surface area contributed by atoms with E-state index in [-0.39, 0.29) is 17.1 Å². The van der Waals surface area contributed by atoms with Gasteiger partial charge in [0.15, 0.2) is 5.76 Å². The quantitative estimate of drug-likeness (QED) is 0.834. The lowest BCUT2D eigenvalue weighted by Gasteiger charge is -2.26. The van der Waals surface area contributed by atoms with Gasteiger partial charge in [-0.05, 0) is 43.0 Å². The van der Waals surface area contributed by atoms with Crippen LogP contribution < -0.4 is 5.32 Å². The molecular formula is C18H22ClNO3. The molecule has 1 unspecified atom stereocenters. The molecule has 23 heavy (non-hydrogen) atoms. The third-order valence-corrected chi connectivity index (χ3v) is 3.87. The Bertz CT molecular complexity index is 676. The van der Waals surface area contributed by atoms with Crippen molar-refractivity contribution in [2.45, 2.75) is 33.3 Å². The maximum Gasteiger partial charge on any atom is 0.287 e. The topological polar surface area (TPSA) is 62.5 Å². The number of aliphatic hydroxyl groups is 1. The van der Waals surface area contributed by atoms with E-state index in [2.05, 4.69) is 5.32 Å². The summed E-state index contributed by atoms with van der Waals surface area (Å²) in [7, 11) is 0. The van der Waals surface area contributed by atoms with Gasteiger partial charge in [0.1, 0.15) is 5.76 Å². The summed E-state index contributed by atoms with van der Waals surface area (Å²) in [6.07, 6.45) is 0.202. The number of benzene rings is 1. The predicted molar refractivity (Wildman–Crippen MR) is 91.6 cm³/mol. The predicted octanol–water partition coefficient (Wildman–Crippen LogP) is 4.13. The SMILES string of the molecule is CC(O)CC(C)(C)CNC(=O)c1ccc(-c2ccccc2Cl)o1. The fourth-order valence-electron chi connectivity index (χ4n) is 2.54. The lowest BCUT2D eigenvalue weighted by atomic mass is 9.87. The van der Waals surface area contributed by atoms with E-state index in [0.29, 0.717) is 23.7 Å². The van der Waals surface area contributed by atoms with Crippen LogP contribution in [0.1, 0.15) is 37.7 Å². The van der Waals surface area contributed by atoms with Crippen LogP contribution >= 0.6 is 11.6 Å². The van der Waals surface area contributed by atoms with Crippen LogP contribution in [0.3, 0.4) is 0 Å². The Balaban J connectivity index is 2.03. The van der Waals surface area contributed by atoms with Gasteiger partial charge in [0.25, 0.3) is 5.91 Å². The molecule has 1 amide bonds. The van der Waals surface area contributed by atoms with E-state index in [1.54, 1.807) is 25.1 Å². The number of rotatable bonds is 6. The number of hydrogen-bond acceptors (Lipinski definition) is 3. The third kappa shape index (κ3) is 4.85. The van der Waals surface area contributed by atoms with E-state index in [4.69, 9.17) is 16.0 Å². The van der Waals surface area contributed by atoms with Gasteiger partial charge in [0, 0.05) is 12.1 Å². The van der Waals surface area contributed by atoms with Crippen molar-refractivity contribution in [2.24, 2.45) is 5.41 Å². The number of halogens is 1. The molecule has 0 bridgehead atoms. The summed E-state index contributed by atoms with van der Waals surface area (Å²) in [4.78, 5) is 12.2. The van der Waals surface area contributed by atoms with E-state index >= 15 is 0 Å². The first-order valence-electron chi connectivity index (χ1n) is 7.59. The molecule has 2 aromatic rings. The number of amides is 1. The van der Waals surface area contributed by atoms with Gasteiger partial charge in [0.2, 0.25) is 0 Å². The maximum atomic E-state index is 12.2. The number of hydrogen-bond donors (Lipinski definition) is 2. The first kappa shape index (κ1) is 17.6. The molecule has 0 aliphatic carbocycles. The molecule has 124 valence electrons. The Labute approximate surface area is 141 Å². The molecule has 2 rings (SSSR count). The van der Waals surface area contributed by atoms with Crippen LogP contribution in [-0.2, 0) is 0 Å². The van der Waals surface area contributed by atoms with Gasteiger partial charge in [-0.3, -0.25) is 4.79 Å². The highest BCUT2D eigenvalue weighted by molar-refractivity contribution is 6.33. The summed E-state index contributed by atoms with van der Waals surface area (Å²) in [5, 5.41) is 12.9. The summed E-state index contributed by atoms with van der Waals surface area (Å²) < 4.78 is 5.61. The first-order valence-corrected chi connectivity index (χ1v) is 7.97. The number of aliphatic hydroxyl groups excluding tert-OH is 1. The van der Waals surface area contributed by atoms with E-state index in [9.17, 15) is 9.90 Å². The Kier molecular flexibility index (Phi) is 5.50. The van der Waals surface area contributed by atoms with Crippen LogP contribution in [0.4, 0.5) is 0 Å². The summed E-state index contributed by atoms with van der Waals surface area (Å²) in [6, 6.07) is 10.7. The summed E-state index contributed by atoms with van der Waals surface area (Å²) in [5.74, 6) is 0.527. The van der Waals surface area contributed by atoms with Gasteiger partial charge < -0.3 is 14.8 Å². The van der Waals surface area contributed by atoms with Crippen molar-refractivity contribution in [1.82, 2.24) is 5.32 Å². The second-order valence-corrected chi connectivity index (χ2v) is 6.95. The van der Waals surface area contributed by atoms with Crippen molar-refractivity contribution < 1.29 is 14.3 Å². The van der Waals surface area contributed by atoms with Gasteiger partial charge >= 0.3 is 0 Å². The van der Waals surface area contributed by atoms with E-state index in [0.717, 1.165) is 5.56 Å². The molecule has 0 saturated heterocycles. The molecule has 4 nitrogen and oxygen atoms in total. The number of nitrogens with one attached hydrogen (secondary N) is 1. The van der Waals surface area contributed by atoms with Crippen molar-refractivity contribution in [3.8, 4) is 11.3 Å². The zero-order chi connectivity index (χ0) is 17.0. The fourth-order valence-corrected chi connectivity index (χ4v) is 2.77. The van der Waals surface area contributed by atoms with Crippen LogP contribution in [0.2, 0.25) is 5.02 Å². The number of furan rings is 1. The van der Waals surface area contributed by atoms with Crippen LogP contribution in [0.15, 0.2) is 40.8 Å². The maximum absolute atomic E-state index is 12.2. The molecule has 1 aromatic carbocycles. The lowest BCUT2D eigenvalue weighted by Crippen LogP contribution is -2.35. The molecule has 0 fully saturated rings. The van der Waals surface area contributed by atoms with Crippen molar-refractivity contribution in [3.05, 3.63) is 47.2 Å². The molecule has 1 atom stereocenters. The van der Waals surface area contributed by atoms with Gasteiger partial charge in [0.05, 0.1) is 11.1 Å². The second-order valence-electron chi connectivity index (χ2n) is 6.54. The Morgan fingerprint density at radius 3 is 2.65 bits per heavy atom. The molecular weight excluding hydrogens is 314 g/mol. The minimum absolute atomic E-state index is 0.192. The molecule has 5 heteroatoms. The fraction of sp³-hybridized carbons (Fsp3) is 0.389. The number of carbonyl (C=O) groups excluding carboxylic acids is 1. The van der Waals surface area contributed by atoms with Gasteiger partial charge in [-0.1, -0.05) is 37.6 Å². The van der Waals surface area contributed by atoms with Crippen LogP contribution in [-0.4, -0.2) is 23.7 Å². The van der Waals surface area contributed by atoms with Crippen molar-refractivity contribution in [3.63, 3.8) is 0 Å². The van der Waals surface area contributed by atoms with Crippen LogP contribution in [0.25, 0.3) is 11.3 Å². The molecule has 2 N–H and O–H groups in total. The zero-order valence-electron chi connectivity index (χ0n) is 13.6. The van der Waals surface area contributed by atoms with Gasteiger partial charge in [-0.25, -0.2) is 0 Å². The van der Waals surface area contributed by atoms with E-state index in [1.807, 2.05) is 32.0 Å². The Morgan fingerprint density at radius 2 is 2.00 bits per heavy atom. The average molecular weight is 336 g/mol. The van der Waals surface area contributed by atoms with E-state index < -0.39 is 6.10 Å². The van der Waals surface area contributed by atoms with Crippen molar-refractivity contribution >= 4 is 17.5 Å². The number of carbonyl (C=O) groups is 1. The largest absolute Gasteiger partial charge is 0.451 e. The highest BCUT2D eigenvalue weighted by Crippen LogP contribution is 2.29. The second kappa shape index (κ2) is 7.20. The zero-order valence-corrected chi connectivity index (χ0v) is 14.4. The molecule has 1 aromatic heterocycles. The van der Waals surface area contributed by atoms with Gasteiger partial charge in [-0.15, -0.1) is 0 Å². The average Bonchev–Trinajstić information content (AvgIpc) is 2.93. The lowest BCUT2D eigenvalue weighted by molar-refractivity contribution is 0.0877. The smallest absolute Gasteiger partial charge is 0.287 e. The van der Waals surface area contributed by atoms with Gasteiger partial charge in [-0.2, -0.15) is 0 Å². The first-order chi connectivity index (χ1) is 10.8. The molecule has 0 saturated carbocycles. The Morgan fingerprint density at radius 1 is 1.30 bits per heavy atom. The summed E-state index contributed by atoms with van der Waals surface area (Å²) >= 11 is 6.13. The summed E-state index contributed by atoms with van der Waals surface area (Å²) in [6.45, 7) is 6.19. The highest BCUT2D eigenvalue weighted by atomic mass is 35.5. The standard InChI is InChI=1S/C18H22ClNO3/c1-12(21)10-18(2,3)11-20-17(22)16-9-8-15(23-16)13-6-4-5-7-14(13)19/h4-9,12,21H,10-11H2,1-3H3,(H,20,22). The summed E-state index contributed by atoms with van der Waals surface area (Å²) in [5.41, 5.74) is 0.560. The third-order valence-electron chi connectivity index (χ3n) is 3.54. The van der Waals surface area contributed by atoms with Crippen molar-refractivity contribution in [2.75, 3.05) is 6.54 Å². The van der Waals surface area contributed by atoms with E-state index in [1.165, 1.54) is 0 Å². The van der Waals surface area contributed by atoms with Crippen LogP contribution in [0, 0.1) is 5.41 Å². The minimum Gasteiger partial charge on any atom is -0.451 e. The van der Waals surface area contributed by atoms with Crippen molar-refractivity contribution in [1.29, 1.82) is 0 Å². The molecule has 0 radical (unpaired) electrons. The molecule has 0 spiro atoms.